The average molecular weight is 383 g/mol. The van der Waals surface area contributed by atoms with E-state index in [9.17, 15) is 0 Å². The number of aromatic nitrogens is 1. The molecular weight excluding hydrogens is 362 g/mol. The summed E-state index contributed by atoms with van der Waals surface area (Å²) in [6.45, 7) is 0. The molecular formula is C29H21N. The standard InChI is InChI=1S/C29H21N/c1-3-9-22(10-4-1)24-17-19-25(20-18-24)28-15-8-16-29(30-28)27-14-7-13-26(21-27)23-11-5-2-6-12-23/h1-21H. The van der Waals surface area contributed by atoms with Crippen molar-refractivity contribution >= 4 is 0 Å². The van der Waals surface area contributed by atoms with Crippen LogP contribution in [0.5, 0.6) is 0 Å². The van der Waals surface area contributed by atoms with Crippen LogP contribution in [0.4, 0.5) is 0 Å². The lowest BCUT2D eigenvalue weighted by atomic mass is 10.0. The zero-order valence-corrected chi connectivity index (χ0v) is 16.6. The minimum absolute atomic E-state index is 0.984. The molecule has 142 valence electrons. The van der Waals surface area contributed by atoms with Crippen LogP contribution in [0.1, 0.15) is 0 Å². The summed E-state index contributed by atoms with van der Waals surface area (Å²) >= 11 is 0. The highest BCUT2D eigenvalue weighted by molar-refractivity contribution is 5.74. The molecule has 0 aliphatic rings. The van der Waals surface area contributed by atoms with Gasteiger partial charge in [0.25, 0.3) is 0 Å². The zero-order valence-electron chi connectivity index (χ0n) is 16.6. The topological polar surface area (TPSA) is 12.9 Å². The van der Waals surface area contributed by atoms with Gasteiger partial charge in [-0.2, -0.15) is 0 Å². The van der Waals surface area contributed by atoms with Crippen molar-refractivity contribution in [2.24, 2.45) is 0 Å². The van der Waals surface area contributed by atoms with E-state index in [1.54, 1.807) is 0 Å². The molecule has 1 heterocycles. The van der Waals surface area contributed by atoms with E-state index in [1.807, 2.05) is 12.1 Å². The molecule has 4 aromatic carbocycles. The van der Waals surface area contributed by atoms with Crippen molar-refractivity contribution < 1.29 is 0 Å². The van der Waals surface area contributed by atoms with Gasteiger partial charge in [-0.3, -0.25) is 0 Å². The van der Waals surface area contributed by atoms with Gasteiger partial charge in [-0.25, -0.2) is 4.98 Å². The third-order valence-corrected chi connectivity index (χ3v) is 5.30. The van der Waals surface area contributed by atoms with E-state index >= 15 is 0 Å². The molecule has 0 fully saturated rings. The highest BCUT2D eigenvalue weighted by Crippen LogP contribution is 2.28. The number of benzene rings is 4. The lowest BCUT2D eigenvalue weighted by Gasteiger charge is -2.08. The third-order valence-electron chi connectivity index (χ3n) is 5.30. The minimum Gasteiger partial charge on any atom is -0.248 e. The van der Waals surface area contributed by atoms with Gasteiger partial charge in [0.05, 0.1) is 11.4 Å². The van der Waals surface area contributed by atoms with Crippen LogP contribution in [-0.2, 0) is 0 Å². The van der Waals surface area contributed by atoms with Crippen molar-refractivity contribution in [1.82, 2.24) is 4.98 Å². The van der Waals surface area contributed by atoms with Gasteiger partial charge >= 0.3 is 0 Å². The second kappa shape index (κ2) is 8.18. The van der Waals surface area contributed by atoms with Gasteiger partial charge < -0.3 is 0 Å². The Morgan fingerprint density at radius 2 is 0.733 bits per heavy atom. The number of rotatable bonds is 4. The van der Waals surface area contributed by atoms with Crippen LogP contribution in [-0.4, -0.2) is 4.98 Å². The van der Waals surface area contributed by atoms with Crippen LogP contribution in [0.3, 0.4) is 0 Å². The molecule has 0 amide bonds. The van der Waals surface area contributed by atoms with Crippen LogP contribution >= 0.6 is 0 Å². The SMILES string of the molecule is c1ccc(-c2ccc(-c3cccc(-c4cccc(-c5ccccc5)c4)n3)cc2)cc1. The monoisotopic (exact) mass is 383 g/mol. The van der Waals surface area contributed by atoms with E-state index in [4.69, 9.17) is 4.98 Å². The van der Waals surface area contributed by atoms with E-state index < -0.39 is 0 Å². The summed E-state index contributed by atoms with van der Waals surface area (Å²) in [4.78, 5) is 4.95. The normalized spacial score (nSPS) is 10.7. The molecule has 0 unspecified atom stereocenters. The molecule has 0 saturated carbocycles. The van der Waals surface area contributed by atoms with Gasteiger partial charge in [0, 0.05) is 11.1 Å². The fourth-order valence-electron chi connectivity index (χ4n) is 3.71. The summed E-state index contributed by atoms with van der Waals surface area (Å²) in [5.74, 6) is 0. The number of nitrogens with zero attached hydrogens (tertiary/aromatic N) is 1. The van der Waals surface area contributed by atoms with Crippen molar-refractivity contribution in [3.8, 4) is 44.8 Å². The largest absolute Gasteiger partial charge is 0.248 e. The molecule has 0 bridgehead atoms. The molecule has 0 N–H and O–H groups in total. The molecule has 0 aliphatic heterocycles. The quantitative estimate of drug-likeness (QED) is 0.309. The molecule has 30 heavy (non-hydrogen) atoms. The molecule has 0 radical (unpaired) electrons. The van der Waals surface area contributed by atoms with Crippen LogP contribution in [0, 0.1) is 0 Å². The molecule has 1 nitrogen and oxygen atoms in total. The molecule has 5 aromatic rings. The Kier molecular flexibility index (Phi) is 4.93. The molecule has 1 aromatic heterocycles. The van der Waals surface area contributed by atoms with Crippen LogP contribution < -0.4 is 0 Å². The summed E-state index contributed by atoms with van der Waals surface area (Å²) in [6.07, 6.45) is 0. The van der Waals surface area contributed by atoms with Gasteiger partial charge in [0.2, 0.25) is 0 Å². The maximum absolute atomic E-state index is 4.95. The van der Waals surface area contributed by atoms with E-state index in [0.29, 0.717) is 0 Å². The summed E-state index contributed by atoms with van der Waals surface area (Å²) in [5, 5.41) is 0. The fraction of sp³-hybridized carbons (Fsp3) is 0. The molecule has 0 spiro atoms. The Morgan fingerprint density at radius 3 is 1.40 bits per heavy atom. The Morgan fingerprint density at radius 1 is 0.300 bits per heavy atom. The van der Waals surface area contributed by atoms with Crippen molar-refractivity contribution in [3.63, 3.8) is 0 Å². The molecule has 0 saturated heterocycles. The Labute approximate surface area is 177 Å². The second-order valence-electron chi connectivity index (χ2n) is 7.30. The highest BCUT2D eigenvalue weighted by atomic mass is 14.7. The maximum atomic E-state index is 4.95. The molecule has 0 atom stereocenters. The van der Waals surface area contributed by atoms with Crippen molar-refractivity contribution in [1.29, 1.82) is 0 Å². The molecule has 0 aliphatic carbocycles. The van der Waals surface area contributed by atoms with Gasteiger partial charge in [-0.15, -0.1) is 0 Å². The predicted octanol–water partition coefficient (Wildman–Crippen LogP) is 7.75. The fourth-order valence-corrected chi connectivity index (χ4v) is 3.71. The maximum Gasteiger partial charge on any atom is 0.0709 e. The Hall–Kier alpha value is -3.97. The van der Waals surface area contributed by atoms with Crippen molar-refractivity contribution in [2.45, 2.75) is 0 Å². The van der Waals surface area contributed by atoms with E-state index in [1.165, 1.54) is 22.3 Å². The summed E-state index contributed by atoms with van der Waals surface area (Å²) in [5.41, 5.74) is 9.07. The number of hydrogen-bond donors (Lipinski definition) is 0. The molecule has 1 heteroatoms. The number of pyridine rings is 1. The van der Waals surface area contributed by atoms with Crippen LogP contribution in [0.2, 0.25) is 0 Å². The van der Waals surface area contributed by atoms with Gasteiger partial charge in [-0.05, 0) is 40.5 Å². The second-order valence-corrected chi connectivity index (χ2v) is 7.30. The zero-order chi connectivity index (χ0) is 20.2. The average Bonchev–Trinajstić information content (AvgIpc) is 2.85. The van der Waals surface area contributed by atoms with Gasteiger partial charge in [-0.1, -0.05) is 109 Å². The first-order valence-electron chi connectivity index (χ1n) is 10.2. The summed E-state index contributed by atoms with van der Waals surface area (Å²) < 4.78 is 0. The molecule has 5 rings (SSSR count). The van der Waals surface area contributed by atoms with Gasteiger partial charge in [0.15, 0.2) is 0 Å². The third kappa shape index (κ3) is 3.78. The summed E-state index contributed by atoms with van der Waals surface area (Å²) in [7, 11) is 0. The van der Waals surface area contributed by atoms with Crippen molar-refractivity contribution in [3.05, 3.63) is 127 Å². The smallest absolute Gasteiger partial charge is 0.0709 e. The van der Waals surface area contributed by atoms with E-state index in [2.05, 4.69) is 115 Å². The minimum atomic E-state index is 0.984. The van der Waals surface area contributed by atoms with Crippen LogP contribution in [0.25, 0.3) is 44.8 Å². The first-order valence-corrected chi connectivity index (χ1v) is 10.2. The van der Waals surface area contributed by atoms with Crippen LogP contribution in [0.15, 0.2) is 127 Å². The van der Waals surface area contributed by atoms with Crippen molar-refractivity contribution in [2.75, 3.05) is 0 Å². The first-order chi connectivity index (χ1) is 14.9. The predicted molar refractivity (Wildman–Crippen MR) is 126 cm³/mol. The Bertz CT molecular complexity index is 1260. The summed E-state index contributed by atoms with van der Waals surface area (Å²) in [6, 6.07) is 44.3. The Balaban J connectivity index is 1.46. The van der Waals surface area contributed by atoms with E-state index in [-0.39, 0.29) is 0 Å². The first kappa shape index (κ1) is 18.1. The van der Waals surface area contributed by atoms with E-state index in [0.717, 1.165) is 22.5 Å². The highest BCUT2D eigenvalue weighted by Gasteiger charge is 2.06. The number of hydrogen-bond acceptors (Lipinski definition) is 1. The lowest BCUT2D eigenvalue weighted by molar-refractivity contribution is 1.32. The van der Waals surface area contributed by atoms with Gasteiger partial charge in [0.1, 0.15) is 0 Å². The lowest BCUT2D eigenvalue weighted by Crippen LogP contribution is -1.89.